The van der Waals surface area contributed by atoms with Gasteiger partial charge >= 0.3 is 24.2 Å². The molecule has 5 heterocycles. The van der Waals surface area contributed by atoms with E-state index in [1.807, 2.05) is 6.92 Å². The predicted octanol–water partition coefficient (Wildman–Crippen LogP) is 6.67. The number of rotatable bonds is 29. The number of hydrogen-bond acceptors (Lipinski definition) is 16. The Morgan fingerprint density at radius 3 is 2.33 bits per heavy atom. The summed E-state index contributed by atoms with van der Waals surface area (Å²) >= 11 is 1.53. The van der Waals surface area contributed by atoms with Crippen LogP contribution >= 0.6 is 11.8 Å². The van der Waals surface area contributed by atoms with E-state index in [1.165, 1.54) is 40.6 Å². The number of amides is 8. The van der Waals surface area contributed by atoms with Crippen LogP contribution in [-0.2, 0) is 70.0 Å². The quantitative estimate of drug-likeness (QED) is 0.0190. The number of ether oxygens (including phenoxy) is 3. The molecule has 3 aliphatic heterocycles. The van der Waals surface area contributed by atoms with Gasteiger partial charge in [0.2, 0.25) is 23.6 Å². The summed E-state index contributed by atoms with van der Waals surface area (Å²) in [7, 11) is 3.06. The van der Waals surface area contributed by atoms with Crippen LogP contribution < -0.4 is 32.0 Å². The van der Waals surface area contributed by atoms with E-state index in [0.29, 0.717) is 66.8 Å². The van der Waals surface area contributed by atoms with E-state index in [1.54, 1.807) is 73.9 Å². The maximum Gasteiger partial charge on any atom is 0.415 e. The van der Waals surface area contributed by atoms with Gasteiger partial charge in [-0.3, -0.25) is 33.7 Å². The number of aryl methyl sites for hydroxylation is 1. The molecule has 0 bridgehead atoms. The molecule has 2 aromatic carbocycles. The fraction of sp³-hybridized carbons (Fsp3) is 0.525. The molecule has 0 aliphatic carbocycles. The maximum atomic E-state index is 13.8. The van der Waals surface area contributed by atoms with Crippen LogP contribution in [0.1, 0.15) is 133 Å². The summed E-state index contributed by atoms with van der Waals surface area (Å²) in [5.74, 6) is -2.23. The van der Waals surface area contributed by atoms with Gasteiger partial charge < -0.3 is 55.4 Å². The monoisotopic (exact) mass is 1190 g/mol. The highest BCUT2D eigenvalue weighted by atomic mass is 32.2. The Kier molecular flexibility index (Phi) is 22.3. The molecule has 3 unspecified atom stereocenters. The molecule has 1 saturated heterocycles. The average Bonchev–Trinajstić information content (AvgIpc) is 2.47. The van der Waals surface area contributed by atoms with Gasteiger partial charge in [-0.05, 0) is 104 Å². The van der Waals surface area contributed by atoms with Crippen molar-refractivity contribution in [3.63, 3.8) is 0 Å². The number of nitrogens with two attached hydrogens (primary N) is 1. The molecule has 1 fully saturated rings. The molecule has 0 spiro atoms. The Hall–Kier alpha value is -7.86. The van der Waals surface area contributed by atoms with Crippen LogP contribution in [0.4, 0.5) is 20.1 Å². The van der Waals surface area contributed by atoms with Gasteiger partial charge in [0, 0.05) is 87.7 Å². The van der Waals surface area contributed by atoms with Crippen molar-refractivity contribution in [2.75, 3.05) is 51.3 Å². The van der Waals surface area contributed by atoms with Gasteiger partial charge in [0.25, 0.3) is 5.56 Å². The number of Topliss-reactive ketones (excluding diaryl/α,β-unsaturated/α-hetero) is 1. The van der Waals surface area contributed by atoms with E-state index in [2.05, 4.69) is 22.9 Å². The number of thioether (sulfide) groups is 1. The second-order valence-electron chi connectivity index (χ2n) is 22.2. The third-order valence-electron chi connectivity index (χ3n) is 15.8. The lowest BCUT2D eigenvalue weighted by Crippen LogP contribution is -2.45. The topological polar surface area (TPSA) is 308 Å². The lowest BCUT2D eigenvalue weighted by molar-refractivity contribution is -0.172. The van der Waals surface area contributed by atoms with Crippen molar-refractivity contribution in [1.82, 2.24) is 34.9 Å². The van der Waals surface area contributed by atoms with Gasteiger partial charge in [0.05, 0.1) is 40.3 Å². The standard InChI is InChI=1S/C61H79N9O14S/c1-8-11-28-85-49-32-51(73)69(56(49)76)25-14-12-13-17-50(72)66-52(36(4)5)48(71)29-38(16-15-24-63-58(62)78)54(74)64-39-20-18-37(19-21-39)34-83-59(79)67(6)26-27-68(7)60(80)84-40-22-23-46-42(30-40)41(9-2)43-33-70-47(53(43)65-46)31-45-44(55(70)75)35-82-57(77)61(45,81)10-3/h18-23,30-31,36,38,49,52,81H,8-17,24-29,32-35H2,1-7H3,(H,64,74)(H,66,72)(H3,62,63,78)/t38-,49?,52?,61?/m1/s1. The van der Waals surface area contributed by atoms with E-state index in [0.717, 1.165) is 35.1 Å². The molecular formula is C61H79N9O14S. The number of ketones is 1. The number of likely N-dealkylation sites (tertiary alicyclic amines) is 1. The Bertz CT molecular complexity index is 3240. The molecule has 85 heavy (non-hydrogen) atoms. The summed E-state index contributed by atoms with van der Waals surface area (Å²) < 4.78 is 18.1. The van der Waals surface area contributed by atoms with Crippen LogP contribution in [-0.4, -0.2) is 140 Å². The van der Waals surface area contributed by atoms with Crippen molar-refractivity contribution in [2.24, 2.45) is 17.6 Å². The van der Waals surface area contributed by atoms with Gasteiger partial charge in [-0.2, -0.15) is 0 Å². The smallest absolute Gasteiger partial charge is 0.415 e. The average molecular weight is 1190 g/mol. The number of benzene rings is 2. The number of aliphatic hydroxyl groups is 1. The van der Waals surface area contributed by atoms with Crippen molar-refractivity contribution in [3.8, 4) is 17.1 Å². The number of fused-ring (bicyclic) bond motifs is 5. The molecule has 24 heteroatoms. The second kappa shape index (κ2) is 29.3. The van der Waals surface area contributed by atoms with Crippen LogP contribution in [0.3, 0.4) is 0 Å². The van der Waals surface area contributed by atoms with Crippen molar-refractivity contribution in [3.05, 3.63) is 86.7 Å². The number of nitrogens with zero attached hydrogens (tertiary/aromatic N) is 5. The van der Waals surface area contributed by atoms with E-state index in [-0.39, 0.29) is 129 Å². The first-order valence-corrected chi connectivity index (χ1v) is 30.3. The first kappa shape index (κ1) is 64.7. The van der Waals surface area contributed by atoms with Crippen LogP contribution in [0, 0.1) is 11.8 Å². The highest BCUT2D eigenvalue weighted by Crippen LogP contribution is 2.41. The highest BCUT2D eigenvalue weighted by Gasteiger charge is 2.46. The lowest BCUT2D eigenvalue weighted by atomic mass is 9.86. The number of anilines is 1. The van der Waals surface area contributed by atoms with Crippen LogP contribution in [0.15, 0.2) is 53.3 Å². The summed E-state index contributed by atoms with van der Waals surface area (Å²) in [6.07, 6.45) is 3.66. The van der Waals surface area contributed by atoms with Crippen molar-refractivity contribution in [2.45, 2.75) is 148 Å². The molecule has 6 N–H and O–H groups in total. The molecule has 23 nitrogen and oxygen atoms in total. The Balaban J connectivity index is 0.862. The van der Waals surface area contributed by atoms with Crippen LogP contribution in [0.5, 0.6) is 5.75 Å². The van der Waals surface area contributed by atoms with Crippen molar-refractivity contribution < 1.29 is 62.5 Å². The number of hydrogen-bond donors (Lipinski definition) is 5. The number of cyclic esters (lactones) is 1. The second-order valence-corrected chi connectivity index (χ2v) is 23.5. The molecule has 4 aromatic rings. The molecular weight excluding hydrogens is 1110 g/mol. The SMILES string of the molecule is CCCCSC1CC(=O)N(CCCCCC(=O)NC(C(=O)C[C@@H](CCCNC(N)=O)C(=O)Nc2ccc(COC(=O)N(C)CCN(C)C(=O)Oc3ccc4nc5c(c(CC)c4c3)Cn3c-5cc4c(c3=O)COC(=O)C4(O)CC)cc2)C(C)C)C1=O. The van der Waals surface area contributed by atoms with Crippen molar-refractivity contribution in [1.29, 1.82) is 0 Å². The molecule has 8 amide bonds. The number of unbranched alkanes of at least 4 members (excludes halogenated alkanes) is 3. The van der Waals surface area contributed by atoms with Crippen LogP contribution in [0.2, 0.25) is 0 Å². The zero-order valence-corrected chi connectivity index (χ0v) is 50.4. The maximum absolute atomic E-state index is 13.8. The summed E-state index contributed by atoms with van der Waals surface area (Å²) in [4.78, 5) is 139. The molecule has 0 radical (unpaired) electrons. The van der Waals surface area contributed by atoms with Gasteiger partial charge in [-0.25, -0.2) is 24.2 Å². The number of carbonyl (C=O) groups excluding carboxylic acids is 9. The minimum absolute atomic E-state index is 0.0260. The van der Waals surface area contributed by atoms with Gasteiger partial charge in [-0.1, -0.05) is 59.6 Å². The minimum Gasteiger partial charge on any atom is -0.458 e. The fourth-order valence-electron chi connectivity index (χ4n) is 10.7. The number of esters is 1. The first-order valence-electron chi connectivity index (χ1n) is 29.2. The Morgan fingerprint density at radius 1 is 0.918 bits per heavy atom. The lowest BCUT2D eigenvalue weighted by Gasteiger charge is -2.31. The van der Waals surface area contributed by atoms with Crippen molar-refractivity contribution >= 4 is 82.0 Å². The number of urea groups is 1. The molecule has 0 saturated carbocycles. The molecule has 458 valence electrons. The number of aromatic nitrogens is 2. The number of nitrogens with one attached hydrogen (secondary N) is 3. The zero-order chi connectivity index (χ0) is 61.7. The number of likely N-dealkylation sites (N-methyl/N-ethyl adjacent to an activating group) is 2. The number of carbonyl (C=O) groups is 9. The largest absolute Gasteiger partial charge is 0.458 e. The van der Waals surface area contributed by atoms with Gasteiger partial charge in [0.1, 0.15) is 19.0 Å². The summed E-state index contributed by atoms with van der Waals surface area (Å²) in [6.45, 7) is 9.87. The normalized spacial score (nSPS) is 16.7. The van der Waals surface area contributed by atoms with E-state index in [9.17, 15) is 53.1 Å². The van der Waals surface area contributed by atoms with E-state index >= 15 is 0 Å². The third-order valence-corrected chi connectivity index (χ3v) is 17.1. The molecule has 4 atom stereocenters. The zero-order valence-electron chi connectivity index (χ0n) is 49.5. The van der Waals surface area contributed by atoms with E-state index < -0.39 is 47.7 Å². The molecule has 3 aliphatic rings. The van der Waals surface area contributed by atoms with E-state index in [4.69, 9.17) is 24.9 Å². The number of pyridine rings is 2. The Morgan fingerprint density at radius 2 is 1.65 bits per heavy atom. The summed E-state index contributed by atoms with van der Waals surface area (Å²) in [5.41, 5.74) is 7.77. The summed E-state index contributed by atoms with van der Waals surface area (Å²) in [5, 5.41) is 19.9. The highest BCUT2D eigenvalue weighted by molar-refractivity contribution is 8.00. The van der Waals surface area contributed by atoms with Gasteiger partial charge in [-0.15, -0.1) is 11.8 Å². The first-order chi connectivity index (χ1) is 40.6. The molecule has 7 rings (SSSR count). The minimum atomic E-state index is -1.95. The molecule has 2 aromatic heterocycles. The third kappa shape index (κ3) is 15.7. The number of imide groups is 1. The Labute approximate surface area is 498 Å². The predicted molar refractivity (Wildman–Crippen MR) is 318 cm³/mol. The van der Waals surface area contributed by atoms with Crippen LogP contribution in [0.25, 0.3) is 22.3 Å². The number of primary amides is 1. The fourth-order valence-corrected chi connectivity index (χ4v) is 12.0. The van der Waals surface area contributed by atoms with Gasteiger partial charge in [0.15, 0.2) is 11.4 Å². The summed E-state index contributed by atoms with van der Waals surface area (Å²) in [6, 6.07) is 11.7.